The summed E-state index contributed by atoms with van der Waals surface area (Å²) in [5, 5.41) is 15.8. The van der Waals surface area contributed by atoms with Crippen molar-refractivity contribution in [2.45, 2.75) is 55.8 Å². The SMILES string of the molecule is [2H]C([2H])(C)C([2H])([2H])C1(Nc2c(Nc3ccc(Cl)c(S(=O)(=O)N(C)C)c3O)c(=O)c2=O)CCCC1. The lowest BCUT2D eigenvalue weighted by Gasteiger charge is -2.32. The van der Waals surface area contributed by atoms with Crippen molar-refractivity contribution in [2.75, 3.05) is 24.7 Å². The number of rotatable bonds is 8. The largest absolute Gasteiger partial charge is 0.504 e. The fourth-order valence-corrected chi connectivity index (χ4v) is 5.06. The van der Waals surface area contributed by atoms with E-state index in [1.165, 1.54) is 26.2 Å². The Balaban J connectivity index is 2.05. The first-order chi connectivity index (χ1) is 15.5. The maximum atomic E-state index is 12.6. The molecule has 0 aromatic heterocycles. The summed E-state index contributed by atoms with van der Waals surface area (Å²) in [5.41, 5.74) is -4.03. The van der Waals surface area contributed by atoms with Gasteiger partial charge in [-0.2, -0.15) is 0 Å². The minimum absolute atomic E-state index is 0.200. The molecule has 30 heavy (non-hydrogen) atoms. The average Bonchev–Trinajstić information content (AvgIpc) is 3.21. The number of benzene rings is 1. The number of phenols is 1. The fraction of sp³-hybridized carbons (Fsp3) is 0.500. The van der Waals surface area contributed by atoms with Crippen molar-refractivity contribution in [3.8, 4) is 5.75 Å². The Morgan fingerprint density at radius 2 is 1.80 bits per heavy atom. The summed E-state index contributed by atoms with van der Waals surface area (Å²) in [5.74, 6) is -0.754. The third-order valence-corrected chi connectivity index (χ3v) is 7.50. The quantitative estimate of drug-likeness (QED) is 0.410. The van der Waals surface area contributed by atoms with Crippen molar-refractivity contribution in [1.82, 2.24) is 4.31 Å². The van der Waals surface area contributed by atoms with E-state index in [-0.39, 0.29) is 34.9 Å². The molecule has 2 aromatic rings. The molecule has 3 N–H and O–H groups in total. The van der Waals surface area contributed by atoms with Gasteiger partial charge >= 0.3 is 0 Å². The van der Waals surface area contributed by atoms with Gasteiger partial charge in [-0.05, 0) is 31.3 Å². The van der Waals surface area contributed by atoms with Gasteiger partial charge in [0.2, 0.25) is 10.0 Å². The lowest BCUT2D eigenvalue weighted by molar-refractivity contribution is 0.438. The zero-order chi connectivity index (χ0) is 25.9. The maximum Gasteiger partial charge on any atom is 0.253 e. The molecule has 1 aliphatic carbocycles. The van der Waals surface area contributed by atoms with Crippen LogP contribution in [0.15, 0.2) is 26.6 Å². The van der Waals surface area contributed by atoms with E-state index in [2.05, 4.69) is 10.6 Å². The summed E-state index contributed by atoms with van der Waals surface area (Å²) in [4.78, 5) is 24.2. The van der Waals surface area contributed by atoms with Gasteiger partial charge in [0.15, 0.2) is 5.75 Å². The molecule has 8 nitrogen and oxygen atoms in total. The van der Waals surface area contributed by atoms with Gasteiger partial charge in [-0.3, -0.25) is 9.59 Å². The van der Waals surface area contributed by atoms with Crippen LogP contribution < -0.4 is 21.5 Å². The molecule has 2 aromatic carbocycles. The van der Waals surface area contributed by atoms with Gasteiger partial charge in [0.25, 0.3) is 10.9 Å². The highest BCUT2D eigenvalue weighted by molar-refractivity contribution is 7.89. The van der Waals surface area contributed by atoms with Crippen LogP contribution >= 0.6 is 11.6 Å². The highest BCUT2D eigenvalue weighted by atomic mass is 35.5. The topological polar surface area (TPSA) is 116 Å². The third-order valence-electron chi connectivity index (χ3n) is 5.18. The van der Waals surface area contributed by atoms with Crippen LogP contribution in [0.4, 0.5) is 17.1 Å². The smallest absolute Gasteiger partial charge is 0.253 e. The normalized spacial score (nSPS) is 19.2. The van der Waals surface area contributed by atoms with Crippen LogP contribution in [-0.2, 0) is 10.0 Å². The van der Waals surface area contributed by atoms with Gasteiger partial charge in [0.1, 0.15) is 16.3 Å². The number of sulfonamides is 1. The van der Waals surface area contributed by atoms with Gasteiger partial charge in [-0.15, -0.1) is 0 Å². The molecule has 0 unspecified atom stereocenters. The molecule has 3 rings (SSSR count). The first-order valence-electron chi connectivity index (χ1n) is 11.3. The number of phenolic OH excluding ortho intramolecular Hbond substituents is 1. The van der Waals surface area contributed by atoms with Crippen LogP contribution in [0.2, 0.25) is 5.02 Å². The zero-order valence-electron chi connectivity index (χ0n) is 20.8. The van der Waals surface area contributed by atoms with Crippen molar-refractivity contribution in [3.05, 3.63) is 37.6 Å². The molecule has 1 saturated carbocycles. The van der Waals surface area contributed by atoms with E-state index in [0.717, 1.165) is 11.2 Å². The molecule has 0 bridgehead atoms. The lowest BCUT2D eigenvalue weighted by Crippen LogP contribution is -2.44. The predicted molar refractivity (Wildman–Crippen MR) is 118 cm³/mol. The second-order valence-electron chi connectivity index (χ2n) is 7.38. The van der Waals surface area contributed by atoms with E-state index in [1.807, 2.05) is 0 Å². The molecular weight excluding hydrogens is 430 g/mol. The lowest BCUT2D eigenvalue weighted by atomic mass is 9.90. The highest BCUT2D eigenvalue weighted by Crippen LogP contribution is 2.41. The number of hydrogen-bond donors (Lipinski definition) is 3. The molecule has 0 spiro atoms. The molecule has 10 heteroatoms. The minimum atomic E-state index is -4.15. The highest BCUT2D eigenvalue weighted by Gasteiger charge is 2.36. The van der Waals surface area contributed by atoms with Crippen LogP contribution in [0.5, 0.6) is 5.75 Å². The van der Waals surface area contributed by atoms with Crippen molar-refractivity contribution < 1.29 is 19.0 Å². The molecule has 0 heterocycles. The van der Waals surface area contributed by atoms with Crippen molar-refractivity contribution in [1.29, 1.82) is 0 Å². The van der Waals surface area contributed by atoms with Crippen molar-refractivity contribution in [3.63, 3.8) is 0 Å². The first-order valence-corrected chi connectivity index (χ1v) is 11.1. The molecule has 0 saturated heterocycles. The molecule has 0 aliphatic heterocycles. The monoisotopic (exact) mass is 459 g/mol. The molecule has 0 atom stereocenters. The summed E-state index contributed by atoms with van der Waals surface area (Å²) in [6.45, 7) is 1.12. The Kier molecular flexibility index (Phi) is 4.80. The van der Waals surface area contributed by atoms with Gasteiger partial charge in [0, 0.05) is 25.1 Å². The number of aromatic hydroxyl groups is 1. The van der Waals surface area contributed by atoms with Crippen LogP contribution in [0.3, 0.4) is 0 Å². The van der Waals surface area contributed by atoms with E-state index < -0.39 is 49.8 Å². The van der Waals surface area contributed by atoms with Crippen molar-refractivity contribution in [2.24, 2.45) is 0 Å². The second-order valence-corrected chi connectivity index (χ2v) is 9.88. The molecule has 1 fully saturated rings. The van der Waals surface area contributed by atoms with Crippen LogP contribution in [0, 0.1) is 0 Å². The molecule has 0 radical (unpaired) electrons. The molecular formula is C20H26ClN3O5S. The predicted octanol–water partition coefficient (Wildman–Crippen LogP) is 3.16. The summed E-state index contributed by atoms with van der Waals surface area (Å²) < 4.78 is 59.0. The third kappa shape index (κ3) is 3.81. The van der Waals surface area contributed by atoms with E-state index in [0.29, 0.717) is 12.8 Å². The van der Waals surface area contributed by atoms with E-state index in [4.69, 9.17) is 17.1 Å². The number of anilines is 3. The van der Waals surface area contributed by atoms with Gasteiger partial charge in [0.05, 0.1) is 10.7 Å². The number of hydrogen-bond acceptors (Lipinski definition) is 7. The van der Waals surface area contributed by atoms with Gasteiger partial charge in [-0.1, -0.05) is 37.7 Å². The van der Waals surface area contributed by atoms with E-state index in [9.17, 15) is 23.1 Å². The number of halogens is 1. The van der Waals surface area contributed by atoms with E-state index in [1.54, 1.807) is 0 Å². The van der Waals surface area contributed by atoms with Crippen molar-refractivity contribution >= 4 is 38.7 Å². The molecule has 1 aliphatic rings. The fourth-order valence-electron chi connectivity index (χ4n) is 3.58. The molecule has 164 valence electrons. The number of nitrogens with zero attached hydrogens (tertiary/aromatic N) is 1. The Morgan fingerprint density at radius 1 is 1.20 bits per heavy atom. The Labute approximate surface area is 186 Å². The summed E-state index contributed by atoms with van der Waals surface area (Å²) in [6.07, 6.45) is -2.96. The Morgan fingerprint density at radius 3 is 2.37 bits per heavy atom. The van der Waals surface area contributed by atoms with Crippen LogP contribution in [0.1, 0.15) is 50.8 Å². The Bertz CT molecular complexity index is 1290. The zero-order valence-corrected chi connectivity index (χ0v) is 18.4. The summed E-state index contributed by atoms with van der Waals surface area (Å²) in [6, 6.07) is 2.45. The minimum Gasteiger partial charge on any atom is -0.504 e. The van der Waals surface area contributed by atoms with Crippen LogP contribution in [-0.4, -0.2) is 37.5 Å². The first kappa shape index (κ1) is 17.6. The Hall–Kier alpha value is -2.10. The van der Waals surface area contributed by atoms with E-state index >= 15 is 0 Å². The summed E-state index contributed by atoms with van der Waals surface area (Å²) >= 11 is 6.00. The number of nitrogens with one attached hydrogen (secondary N) is 2. The second kappa shape index (κ2) is 8.20. The summed E-state index contributed by atoms with van der Waals surface area (Å²) in [7, 11) is -1.64. The van der Waals surface area contributed by atoms with Crippen LogP contribution in [0.25, 0.3) is 0 Å². The standard InChI is InChI=1S/C20H26ClN3O5S/c1-4-9-20(10-5-6-11-20)23-15-14(17(26)18(15)27)22-13-8-7-12(21)19(16(13)25)30(28,29)24(2)3/h7-8,22-23,25H,4-6,9-11H2,1-3H3/i4D2,9D2. The van der Waals surface area contributed by atoms with Gasteiger partial charge < -0.3 is 15.7 Å². The maximum absolute atomic E-state index is 12.6. The van der Waals surface area contributed by atoms with Gasteiger partial charge in [-0.25, -0.2) is 12.7 Å². The average molecular weight is 460 g/mol. The molecule has 0 amide bonds.